The predicted molar refractivity (Wildman–Crippen MR) is 119 cm³/mol. The zero-order valence-electron chi connectivity index (χ0n) is 16.3. The van der Waals surface area contributed by atoms with Gasteiger partial charge in [-0.25, -0.2) is 9.78 Å². The molecule has 0 spiro atoms. The van der Waals surface area contributed by atoms with E-state index in [1.807, 2.05) is 0 Å². The van der Waals surface area contributed by atoms with E-state index in [2.05, 4.69) is 55.4 Å². The van der Waals surface area contributed by atoms with Gasteiger partial charge < -0.3 is 10.0 Å². The number of rotatable bonds is 3. The van der Waals surface area contributed by atoms with Crippen molar-refractivity contribution in [2.45, 2.75) is 12.8 Å². The average Bonchev–Trinajstić information content (AvgIpc) is 3.16. The Hall–Kier alpha value is -3.18. The lowest BCUT2D eigenvalue weighted by Gasteiger charge is -2.23. The molecular weight excluding hydrogens is 380 g/mol. The van der Waals surface area contributed by atoms with Crippen molar-refractivity contribution >= 4 is 33.2 Å². The van der Waals surface area contributed by atoms with E-state index in [4.69, 9.17) is 4.98 Å². The summed E-state index contributed by atoms with van der Waals surface area (Å²) < 4.78 is 0.902. The molecule has 5 heteroatoms. The number of hydrogen-bond acceptors (Lipinski definition) is 4. The third-order valence-electron chi connectivity index (χ3n) is 5.55. The molecule has 1 N–H and O–H groups in total. The van der Waals surface area contributed by atoms with Crippen molar-refractivity contribution in [1.29, 1.82) is 0 Å². The normalized spacial score (nSPS) is 12.5. The molecule has 0 amide bonds. The molecule has 4 nitrogen and oxygen atoms in total. The first-order chi connectivity index (χ1) is 14.0. The summed E-state index contributed by atoms with van der Waals surface area (Å²) in [4.78, 5) is 18.1. The van der Waals surface area contributed by atoms with E-state index in [0.717, 1.165) is 33.6 Å². The number of carboxylic acid groups (broad SMARTS) is 1. The van der Waals surface area contributed by atoms with E-state index >= 15 is 0 Å². The van der Waals surface area contributed by atoms with Crippen LogP contribution in [0.5, 0.6) is 0 Å². The second-order valence-corrected chi connectivity index (χ2v) is 8.65. The van der Waals surface area contributed by atoms with Gasteiger partial charge in [-0.3, -0.25) is 0 Å². The molecule has 0 saturated heterocycles. The topological polar surface area (TPSA) is 53.4 Å². The number of aryl methyl sites for hydroxylation is 2. The van der Waals surface area contributed by atoms with E-state index in [1.54, 1.807) is 29.5 Å². The fraction of sp³-hybridized carbons (Fsp3) is 0.167. The number of fused-ring (bicyclic) bond motifs is 4. The molecule has 0 aliphatic heterocycles. The summed E-state index contributed by atoms with van der Waals surface area (Å²) in [5, 5.41) is 10.1. The van der Waals surface area contributed by atoms with Crippen LogP contribution in [0.4, 0.5) is 5.69 Å². The Morgan fingerprint density at radius 2 is 1.69 bits per heavy atom. The predicted octanol–water partition coefficient (Wildman–Crippen LogP) is 5.49. The van der Waals surface area contributed by atoms with Crippen molar-refractivity contribution in [3.8, 4) is 21.7 Å². The molecule has 0 bridgehead atoms. The van der Waals surface area contributed by atoms with Gasteiger partial charge in [0.2, 0.25) is 0 Å². The largest absolute Gasteiger partial charge is 0.478 e. The lowest BCUT2D eigenvalue weighted by Crippen LogP contribution is -2.11. The Morgan fingerprint density at radius 1 is 0.966 bits per heavy atom. The van der Waals surface area contributed by atoms with Crippen molar-refractivity contribution in [2.75, 3.05) is 19.0 Å². The average molecular weight is 401 g/mol. The van der Waals surface area contributed by atoms with Crippen LogP contribution in [-0.2, 0) is 12.8 Å². The first-order valence-electron chi connectivity index (χ1n) is 9.57. The molecule has 29 heavy (non-hydrogen) atoms. The number of anilines is 1. The number of hydrogen-bond donors (Lipinski definition) is 1. The van der Waals surface area contributed by atoms with E-state index in [9.17, 15) is 9.90 Å². The summed E-state index contributed by atoms with van der Waals surface area (Å²) in [6, 6.07) is 18.4. The third kappa shape index (κ3) is 3.08. The molecule has 1 heterocycles. The number of thiazole rings is 1. The number of carboxylic acids is 1. The molecule has 1 aromatic heterocycles. The number of carbonyl (C=O) groups is 1. The number of nitrogens with zero attached hydrogens (tertiary/aromatic N) is 2. The van der Waals surface area contributed by atoms with E-state index in [0.29, 0.717) is 5.56 Å². The lowest BCUT2D eigenvalue weighted by atomic mass is 9.84. The maximum Gasteiger partial charge on any atom is 0.335 e. The van der Waals surface area contributed by atoms with Crippen LogP contribution < -0.4 is 4.90 Å². The van der Waals surface area contributed by atoms with Crippen LogP contribution in [-0.4, -0.2) is 30.2 Å². The lowest BCUT2D eigenvalue weighted by molar-refractivity contribution is 0.0697. The van der Waals surface area contributed by atoms with Crippen LogP contribution >= 0.6 is 11.3 Å². The van der Waals surface area contributed by atoms with Gasteiger partial charge >= 0.3 is 5.97 Å². The molecular formula is C24H20N2O2S. The highest BCUT2D eigenvalue weighted by molar-refractivity contribution is 7.21. The first kappa shape index (κ1) is 17.9. The minimum absolute atomic E-state index is 0.298. The monoisotopic (exact) mass is 400 g/mol. The van der Waals surface area contributed by atoms with Crippen LogP contribution in [0.2, 0.25) is 0 Å². The van der Waals surface area contributed by atoms with E-state index in [1.165, 1.54) is 27.9 Å². The molecule has 0 saturated carbocycles. The quantitative estimate of drug-likeness (QED) is 0.494. The molecule has 0 radical (unpaired) electrons. The fourth-order valence-corrected chi connectivity index (χ4v) is 4.98. The van der Waals surface area contributed by atoms with Gasteiger partial charge in [-0.05, 0) is 71.5 Å². The van der Waals surface area contributed by atoms with Crippen molar-refractivity contribution in [3.63, 3.8) is 0 Å². The number of benzene rings is 3. The third-order valence-corrected chi connectivity index (χ3v) is 6.61. The van der Waals surface area contributed by atoms with Crippen molar-refractivity contribution in [1.82, 2.24) is 4.98 Å². The van der Waals surface area contributed by atoms with Crippen molar-refractivity contribution in [3.05, 3.63) is 71.3 Å². The minimum Gasteiger partial charge on any atom is -0.478 e. The summed E-state index contributed by atoms with van der Waals surface area (Å²) in [7, 11) is 4.14. The van der Waals surface area contributed by atoms with E-state index < -0.39 is 5.97 Å². The second kappa shape index (κ2) is 6.71. The van der Waals surface area contributed by atoms with Gasteiger partial charge in [0.15, 0.2) is 0 Å². The van der Waals surface area contributed by atoms with Crippen molar-refractivity contribution < 1.29 is 9.90 Å². The molecule has 5 rings (SSSR count). The maximum atomic E-state index is 11.2. The van der Waals surface area contributed by atoms with Crippen LogP contribution in [0.25, 0.3) is 31.9 Å². The van der Waals surface area contributed by atoms with Gasteiger partial charge in [0.05, 0.1) is 15.8 Å². The highest BCUT2D eigenvalue weighted by Gasteiger charge is 2.18. The molecule has 0 fully saturated rings. The smallest absolute Gasteiger partial charge is 0.335 e. The van der Waals surface area contributed by atoms with E-state index in [-0.39, 0.29) is 0 Å². The van der Waals surface area contributed by atoms with Crippen molar-refractivity contribution in [2.24, 2.45) is 0 Å². The van der Waals surface area contributed by atoms with Crippen LogP contribution in [0.15, 0.2) is 54.6 Å². The molecule has 144 valence electrons. The van der Waals surface area contributed by atoms with Gasteiger partial charge in [-0.15, -0.1) is 11.3 Å². The Kier molecular flexibility index (Phi) is 4.14. The Bertz CT molecular complexity index is 1270. The number of aromatic nitrogens is 1. The second-order valence-electron chi connectivity index (χ2n) is 7.61. The SMILES string of the molecule is CN(C)c1ccc2c(c1)CCc1cc(-c3nc4ccc(C(=O)O)cc4s3)ccc1-2. The standard InChI is InChI=1S/C24H20N2O2S/c1-26(2)18-7-9-20-15(12-18)4-3-14-11-16(5-8-19(14)20)23-25-21-10-6-17(24(27)28)13-22(21)29-23/h5-13H,3-4H2,1-2H3,(H,27,28). The summed E-state index contributed by atoms with van der Waals surface area (Å²) in [5.41, 5.74) is 8.83. The molecule has 3 aromatic carbocycles. The summed E-state index contributed by atoms with van der Waals surface area (Å²) in [6.07, 6.45) is 2.05. The summed E-state index contributed by atoms with van der Waals surface area (Å²) in [5.74, 6) is -0.910. The van der Waals surface area contributed by atoms with Crippen LogP contribution in [0.1, 0.15) is 21.5 Å². The van der Waals surface area contributed by atoms with Gasteiger partial charge in [0, 0.05) is 25.3 Å². The molecule has 1 aliphatic carbocycles. The zero-order chi connectivity index (χ0) is 20.1. The summed E-state index contributed by atoms with van der Waals surface area (Å²) in [6.45, 7) is 0. The van der Waals surface area contributed by atoms with Gasteiger partial charge in [0.25, 0.3) is 0 Å². The Morgan fingerprint density at radius 3 is 2.41 bits per heavy atom. The van der Waals surface area contributed by atoms with Crippen LogP contribution in [0.3, 0.4) is 0 Å². The van der Waals surface area contributed by atoms with Gasteiger partial charge in [0.1, 0.15) is 5.01 Å². The highest BCUT2D eigenvalue weighted by atomic mass is 32.1. The molecule has 4 aromatic rings. The molecule has 0 atom stereocenters. The molecule has 0 unspecified atom stereocenters. The van der Waals surface area contributed by atoms with Crippen LogP contribution in [0, 0.1) is 0 Å². The minimum atomic E-state index is -0.910. The highest BCUT2D eigenvalue weighted by Crippen LogP contribution is 2.38. The zero-order valence-corrected chi connectivity index (χ0v) is 17.1. The maximum absolute atomic E-state index is 11.2. The fourth-order valence-electron chi connectivity index (χ4n) is 3.97. The number of aromatic carboxylic acids is 1. The Balaban J connectivity index is 1.55. The molecule has 1 aliphatic rings. The van der Waals surface area contributed by atoms with Gasteiger partial charge in [-0.1, -0.05) is 18.2 Å². The summed E-state index contributed by atoms with van der Waals surface area (Å²) >= 11 is 1.54. The first-order valence-corrected chi connectivity index (χ1v) is 10.4. The Labute approximate surface area is 173 Å². The van der Waals surface area contributed by atoms with Gasteiger partial charge in [-0.2, -0.15) is 0 Å².